The van der Waals surface area contributed by atoms with Gasteiger partial charge in [0.05, 0.1) is 12.6 Å². The molecule has 21 heavy (non-hydrogen) atoms. The number of Topliss-reactive ketones (excluding diaryl/α,β-unsaturated/α-hetero) is 1. The first-order chi connectivity index (χ1) is 10.2. The number of hydrogen-bond acceptors (Lipinski definition) is 5. The second-order valence-corrected chi connectivity index (χ2v) is 5.90. The quantitative estimate of drug-likeness (QED) is 0.737. The summed E-state index contributed by atoms with van der Waals surface area (Å²) >= 11 is 0. The van der Waals surface area contributed by atoms with Crippen molar-refractivity contribution in [2.75, 3.05) is 26.7 Å². The van der Waals surface area contributed by atoms with E-state index >= 15 is 0 Å². The number of likely N-dealkylation sites (N-methyl/N-ethyl adjacent to an activating group) is 1. The summed E-state index contributed by atoms with van der Waals surface area (Å²) < 4.78 is 0. The molecule has 0 spiro atoms. The van der Waals surface area contributed by atoms with Crippen LogP contribution in [-0.4, -0.2) is 65.8 Å². The Morgan fingerprint density at radius 3 is 2.86 bits per heavy atom. The van der Waals surface area contributed by atoms with E-state index in [-0.39, 0.29) is 12.2 Å². The summed E-state index contributed by atoms with van der Waals surface area (Å²) in [5.41, 5.74) is 2.54. The third-order valence-electron chi connectivity index (χ3n) is 4.54. The number of carbonyl (C=O) groups excluding carboxylic acids is 1. The average Bonchev–Trinajstić information content (AvgIpc) is 2.47. The topological polar surface area (TPSA) is 39.1 Å². The number of piperidine rings is 1. The summed E-state index contributed by atoms with van der Waals surface area (Å²) in [6.45, 7) is 6.73. The molecule has 3 aliphatic heterocycles. The van der Waals surface area contributed by atoms with Crippen molar-refractivity contribution >= 4 is 12.0 Å². The van der Waals surface area contributed by atoms with Crippen LogP contribution in [0.1, 0.15) is 26.7 Å². The van der Waals surface area contributed by atoms with Gasteiger partial charge in [0.1, 0.15) is 0 Å². The number of nitrogens with zero attached hydrogens (tertiary/aromatic N) is 4. The number of rotatable bonds is 3. The fraction of sp³-hybridized carbons (Fsp3) is 0.625. The molecule has 0 bridgehead atoms. The molecule has 0 aromatic heterocycles. The van der Waals surface area contributed by atoms with Crippen molar-refractivity contribution in [2.24, 2.45) is 4.99 Å². The average molecular weight is 288 g/mol. The van der Waals surface area contributed by atoms with Crippen LogP contribution in [0.2, 0.25) is 0 Å². The number of hydrogen-bond donors (Lipinski definition) is 0. The Kier molecular flexibility index (Phi) is 3.95. The van der Waals surface area contributed by atoms with Crippen LogP contribution in [0.5, 0.6) is 0 Å². The predicted molar refractivity (Wildman–Crippen MR) is 83.9 cm³/mol. The molecule has 2 atom stereocenters. The van der Waals surface area contributed by atoms with Gasteiger partial charge in [-0.1, -0.05) is 19.9 Å². The normalized spacial score (nSPS) is 29.1. The molecular weight excluding hydrogens is 264 g/mol. The van der Waals surface area contributed by atoms with Crippen LogP contribution in [0.4, 0.5) is 0 Å². The lowest BCUT2D eigenvalue weighted by molar-refractivity contribution is -0.121. The van der Waals surface area contributed by atoms with E-state index in [4.69, 9.17) is 4.99 Å². The van der Waals surface area contributed by atoms with Crippen molar-refractivity contribution in [3.63, 3.8) is 0 Å². The van der Waals surface area contributed by atoms with E-state index in [1.54, 1.807) is 0 Å². The van der Waals surface area contributed by atoms with Gasteiger partial charge in [-0.25, -0.2) is 5.01 Å². The zero-order valence-electron chi connectivity index (χ0n) is 13.1. The molecule has 1 fully saturated rings. The lowest BCUT2D eigenvalue weighted by Crippen LogP contribution is -2.56. The van der Waals surface area contributed by atoms with Crippen LogP contribution < -0.4 is 0 Å². The van der Waals surface area contributed by atoms with E-state index in [1.807, 2.05) is 13.3 Å². The van der Waals surface area contributed by atoms with Crippen LogP contribution in [0.25, 0.3) is 0 Å². The molecule has 0 N–H and O–H groups in total. The van der Waals surface area contributed by atoms with Gasteiger partial charge < -0.3 is 0 Å². The second kappa shape index (κ2) is 5.73. The maximum Gasteiger partial charge on any atom is 0.157 e. The fourth-order valence-corrected chi connectivity index (χ4v) is 3.66. The Bertz CT molecular complexity index is 518. The third-order valence-corrected chi connectivity index (χ3v) is 4.54. The zero-order chi connectivity index (χ0) is 15.0. The van der Waals surface area contributed by atoms with Crippen LogP contribution in [0, 0.1) is 0 Å². The third kappa shape index (κ3) is 2.45. The fourth-order valence-electron chi connectivity index (χ4n) is 3.66. The zero-order valence-corrected chi connectivity index (χ0v) is 13.1. The minimum absolute atomic E-state index is 0.0584. The van der Waals surface area contributed by atoms with Gasteiger partial charge in [-0.2, -0.15) is 0 Å². The Hall–Kier alpha value is -1.46. The van der Waals surface area contributed by atoms with Gasteiger partial charge in [0.15, 0.2) is 11.9 Å². The number of hydrazine groups is 1. The molecule has 3 heterocycles. The summed E-state index contributed by atoms with van der Waals surface area (Å²) in [6.07, 6.45) is 7.97. The molecule has 0 aromatic carbocycles. The predicted octanol–water partition coefficient (Wildman–Crippen LogP) is 1.44. The number of aliphatic imine (C=N–C) groups is 1. The molecule has 114 valence electrons. The van der Waals surface area contributed by atoms with Crippen molar-refractivity contribution in [3.05, 3.63) is 23.4 Å². The van der Waals surface area contributed by atoms with Crippen molar-refractivity contribution < 1.29 is 4.79 Å². The molecular formula is C16H24N4O. The number of dihydropyridines is 1. The number of fused-ring (bicyclic) bond motifs is 3. The van der Waals surface area contributed by atoms with Gasteiger partial charge in [0.2, 0.25) is 0 Å². The summed E-state index contributed by atoms with van der Waals surface area (Å²) in [5, 5.41) is 4.50. The smallest absolute Gasteiger partial charge is 0.157 e. The maximum atomic E-state index is 11.9. The van der Waals surface area contributed by atoms with E-state index < -0.39 is 0 Å². The molecule has 3 rings (SSSR count). The van der Waals surface area contributed by atoms with Gasteiger partial charge >= 0.3 is 0 Å². The summed E-state index contributed by atoms with van der Waals surface area (Å²) in [5.74, 6) is 0.304. The second-order valence-electron chi connectivity index (χ2n) is 5.90. The lowest BCUT2D eigenvalue weighted by Gasteiger charge is -2.48. The first-order valence-electron chi connectivity index (χ1n) is 7.83. The van der Waals surface area contributed by atoms with Gasteiger partial charge in [-0.15, -0.1) is 0 Å². The molecule has 2 unspecified atom stereocenters. The van der Waals surface area contributed by atoms with E-state index in [9.17, 15) is 4.79 Å². The number of allylic oxidation sites excluding steroid dienone is 1. The first-order valence-corrected chi connectivity index (χ1v) is 7.83. The first kappa shape index (κ1) is 14.5. The summed E-state index contributed by atoms with van der Waals surface area (Å²) in [7, 11) is 2.04. The van der Waals surface area contributed by atoms with Gasteiger partial charge in [-0.3, -0.25) is 19.7 Å². The number of likely N-dealkylation sites (tertiary alicyclic amines) is 1. The molecule has 0 aromatic rings. The van der Waals surface area contributed by atoms with Gasteiger partial charge in [0, 0.05) is 38.3 Å². The van der Waals surface area contributed by atoms with E-state index in [1.165, 1.54) is 11.1 Å². The highest BCUT2D eigenvalue weighted by Crippen LogP contribution is 2.36. The molecule has 5 heteroatoms. The Balaban J connectivity index is 2.03. The van der Waals surface area contributed by atoms with Crippen LogP contribution in [-0.2, 0) is 4.79 Å². The van der Waals surface area contributed by atoms with Gasteiger partial charge in [0.25, 0.3) is 0 Å². The molecule has 5 nitrogen and oxygen atoms in total. The molecule has 0 saturated carbocycles. The Morgan fingerprint density at radius 2 is 2.14 bits per heavy atom. The molecule has 0 amide bonds. The summed E-state index contributed by atoms with van der Waals surface area (Å²) in [4.78, 5) is 18.8. The highest BCUT2D eigenvalue weighted by molar-refractivity contribution is 5.85. The van der Waals surface area contributed by atoms with Crippen LogP contribution in [0.3, 0.4) is 0 Å². The molecule has 0 aliphatic carbocycles. The van der Waals surface area contributed by atoms with E-state index in [0.717, 1.165) is 19.5 Å². The highest BCUT2D eigenvalue weighted by Gasteiger charge is 2.41. The Labute approximate surface area is 126 Å². The monoisotopic (exact) mass is 288 g/mol. The number of carbonyl (C=O) groups is 1. The largest absolute Gasteiger partial charge is 0.298 e. The van der Waals surface area contributed by atoms with Crippen molar-refractivity contribution in [2.45, 2.75) is 38.9 Å². The maximum absolute atomic E-state index is 11.9. The minimum Gasteiger partial charge on any atom is -0.298 e. The molecule has 0 radical (unpaired) electrons. The van der Waals surface area contributed by atoms with Crippen molar-refractivity contribution in [1.82, 2.24) is 14.9 Å². The SMILES string of the molecule is CCN(CC)N1C=C2CC(=O)CN(C)C2C2=CCC=NC21. The minimum atomic E-state index is 0.0584. The highest BCUT2D eigenvalue weighted by atomic mass is 16.1. The van der Waals surface area contributed by atoms with Crippen LogP contribution >= 0.6 is 0 Å². The van der Waals surface area contributed by atoms with E-state index in [2.05, 4.69) is 41.0 Å². The molecule has 3 aliphatic rings. The van der Waals surface area contributed by atoms with E-state index in [0.29, 0.717) is 18.7 Å². The molecule has 1 saturated heterocycles. The van der Waals surface area contributed by atoms with Crippen molar-refractivity contribution in [1.29, 1.82) is 0 Å². The van der Waals surface area contributed by atoms with Crippen molar-refractivity contribution in [3.8, 4) is 0 Å². The Morgan fingerprint density at radius 1 is 1.38 bits per heavy atom. The van der Waals surface area contributed by atoms with Gasteiger partial charge in [-0.05, 0) is 18.2 Å². The standard InChI is InChI=1S/C16H24N4O/c1-4-19(5-2)20-10-12-9-13(21)11-18(3)15(12)14-7-6-8-17-16(14)20/h7-8,10,15-16H,4-6,9,11H2,1-3H3. The van der Waals surface area contributed by atoms with Crippen LogP contribution in [0.15, 0.2) is 28.4 Å². The lowest BCUT2D eigenvalue weighted by atomic mass is 9.85. The number of ketones is 1. The summed E-state index contributed by atoms with van der Waals surface area (Å²) in [6, 6.07) is 0.247.